The molecule has 2 aromatic carbocycles. The third-order valence-corrected chi connectivity index (χ3v) is 4.94. The van der Waals surface area contributed by atoms with E-state index in [1.165, 1.54) is 26.4 Å². The van der Waals surface area contributed by atoms with E-state index in [9.17, 15) is 14.4 Å². The van der Waals surface area contributed by atoms with Gasteiger partial charge in [0.15, 0.2) is 11.5 Å². The molecule has 3 aromatic rings. The molecule has 1 N–H and O–H groups in total. The number of ether oxygens (including phenoxy) is 2. The number of benzene rings is 2. The molecule has 1 amide bonds. The molecule has 32 heavy (non-hydrogen) atoms. The van der Waals surface area contributed by atoms with Crippen LogP contribution < -0.4 is 20.2 Å². The lowest BCUT2D eigenvalue weighted by molar-refractivity contribution is 0.0912. The van der Waals surface area contributed by atoms with Gasteiger partial charge in [-0.3, -0.25) is 14.4 Å². The van der Waals surface area contributed by atoms with Crippen LogP contribution in [0.25, 0.3) is 11.0 Å². The van der Waals surface area contributed by atoms with Crippen molar-refractivity contribution in [2.24, 2.45) is 0 Å². The number of hydrogen-bond donors (Lipinski definition) is 1. The van der Waals surface area contributed by atoms with Crippen LogP contribution in [-0.2, 0) is 0 Å². The zero-order valence-corrected chi connectivity index (χ0v) is 18.6. The van der Waals surface area contributed by atoms with E-state index in [0.29, 0.717) is 24.5 Å². The normalized spacial score (nSPS) is 10.9. The van der Waals surface area contributed by atoms with E-state index < -0.39 is 17.1 Å². The Kier molecular flexibility index (Phi) is 7.27. The number of hydrogen-bond acceptors (Lipinski definition) is 7. The molecule has 1 aromatic heterocycles. The zero-order chi connectivity index (χ0) is 23.3. The number of nitrogens with zero attached hydrogens (tertiary/aromatic N) is 1. The molecule has 0 unspecified atom stereocenters. The second kappa shape index (κ2) is 10.1. The molecule has 168 valence electrons. The van der Waals surface area contributed by atoms with Gasteiger partial charge in [-0.15, -0.1) is 0 Å². The van der Waals surface area contributed by atoms with Gasteiger partial charge in [-0.1, -0.05) is 12.1 Å². The molecule has 1 heterocycles. The second-order valence-electron chi connectivity index (χ2n) is 7.44. The summed E-state index contributed by atoms with van der Waals surface area (Å²) in [5.41, 5.74) is -0.474. The Bertz CT molecular complexity index is 1200. The van der Waals surface area contributed by atoms with E-state index in [1.807, 2.05) is 19.0 Å². The average molecular weight is 438 g/mol. The molecule has 0 fully saturated rings. The molecule has 0 radical (unpaired) electrons. The number of nitrogens with one attached hydrogen (secondary N) is 1. The molecule has 0 aliphatic carbocycles. The highest BCUT2D eigenvalue weighted by atomic mass is 16.5. The fourth-order valence-corrected chi connectivity index (χ4v) is 3.31. The second-order valence-corrected chi connectivity index (χ2v) is 7.44. The average Bonchev–Trinajstić information content (AvgIpc) is 2.80. The number of fused-ring (bicyclic) bond motifs is 1. The Balaban J connectivity index is 2.07. The van der Waals surface area contributed by atoms with Crippen LogP contribution in [-0.4, -0.2) is 58.0 Å². The predicted molar refractivity (Wildman–Crippen MR) is 121 cm³/mol. The highest BCUT2D eigenvalue weighted by Crippen LogP contribution is 2.29. The molecule has 0 atom stereocenters. The molecule has 8 nitrogen and oxygen atoms in total. The first kappa shape index (κ1) is 23.0. The third kappa shape index (κ3) is 4.81. The molecular weight excluding hydrogens is 412 g/mol. The first-order valence-electron chi connectivity index (χ1n) is 10.1. The standard InChI is InChI=1S/C24H26N2O6/c1-26(2)13-7-12-25-24(29)23-20(22(28)16-8-5-6-9-17(16)32-23)21(27)15-10-11-18(30-3)19(14-15)31-4/h5-6,8-11,14H,7,12-13H2,1-4H3,(H,25,29). The summed E-state index contributed by atoms with van der Waals surface area (Å²) in [6.07, 6.45) is 0.704. The van der Waals surface area contributed by atoms with Crippen LogP contribution in [0.1, 0.15) is 32.9 Å². The van der Waals surface area contributed by atoms with Gasteiger partial charge in [0.2, 0.25) is 17.0 Å². The van der Waals surface area contributed by atoms with Crippen LogP contribution in [0, 0.1) is 0 Å². The summed E-state index contributed by atoms with van der Waals surface area (Å²) in [5, 5.41) is 2.96. The van der Waals surface area contributed by atoms with Gasteiger partial charge >= 0.3 is 0 Å². The van der Waals surface area contributed by atoms with Crippen molar-refractivity contribution in [2.75, 3.05) is 41.4 Å². The maximum atomic E-state index is 13.4. The zero-order valence-electron chi connectivity index (χ0n) is 18.6. The first-order chi connectivity index (χ1) is 15.4. The minimum atomic E-state index is -0.635. The van der Waals surface area contributed by atoms with Gasteiger partial charge in [0.1, 0.15) is 11.1 Å². The van der Waals surface area contributed by atoms with Gasteiger partial charge in [-0.25, -0.2) is 0 Å². The van der Waals surface area contributed by atoms with E-state index in [2.05, 4.69) is 5.32 Å². The topological polar surface area (TPSA) is 98.1 Å². The van der Waals surface area contributed by atoms with Crippen molar-refractivity contribution in [3.8, 4) is 11.5 Å². The maximum absolute atomic E-state index is 13.4. The van der Waals surface area contributed by atoms with E-state index in [-0.39, 0.29) is 27.9 Å². The van der Waals surface area contributed by atoms with Crippen molar-refractivity contribution >= 4 is 22.7 Å². The highest BCUT2D eigenvalue weighted by molar-refractivity contribution is 6.15. The minimum absolute atomic E-state index is 0.173. The number of carbonyl (C=O) groups excluding carboxylic acids is 2. The Morgan fingerprint density at radius 2 is 1.75 bits per heavy atom. The number of amides is 1. The predicted octanol–water partition coefficient (Wildman–Crippen LogP) is 2.72. The molecule has 3 rings (SSSR count). The third-order valence-electron chi connectivity index (χ3n) is 4.94. The lowest BCUT2D eigenvalue weighted by Gasteiger charge is -2.12. The van der Waals surface area contributed by atoms with Crippen molar-refractivity contribution in [1.29, 1.82) is 0 Å². The molecule has 0 saturated heterocycles. The Morgan fingerprint density at radius 1 is 1.03 bits per heavy atom. The van der Waals surface area contributed by atoms with Gasteiger partial charge in [-0.2, -0.15) is 0 Å². The number of para-hydroxylation sites is 1. The summed E-state index contributed by atoms with van der Waals surface area (Å²) in [7, 11) is 6.80. The summed E-state index contributed by atoms with van der Waals surface area (Å²) in [6.45, 7) is 1.15. The summed E-state index contributed by atoms with van der Waals surface area (Å²) >= 11 is 0. The van der Waals surface area contributed by atoms with E-state index in [4.69, 9.17) is 13.9 Å². The summed E-state index contributed by atoms with van der Waals surface area (Å²) in [4.78, 5) is 41.5. The smallest absolute Gasteiger partial charge is 0.287 e. The summed E-state index contributed by atoms with van der Waals surface area (Å²) in [5.74, 6) is -0.788. The molecular formula is C24H26N2O6. The SMILES string of the molecule is COc1ccc(C(=O)c2c(C(=O)NCCCN(C)C)oc3ccccc3c2=O)cc1OC. The number of rotatable bonds is 9. The van der Waals surface area contributed by atoms with Crippen LogP contribution in [0.4, 0.5) is 0 Å². The molecule has 0 aliphatic rings. The Labute approximate surface area is 185 Å². The highest BCUT2D eigenvalue weighted by Gasteiger charge is 2.27. The van der Waals surface area contributed by atoms with Crippen molar-refractivity contribution in [1.82, 2.24) is 10.2 Å². The van der Waals surface area contributed by atoms with Crippen molar-refractivity contribution in [3.05, 3.63) is 69.6 Å². The monoisotopic (exact) mass is 438 g/mol. The minimum Gasteiger partial charge on any atom is -0.493 e. The van der Waals surface area contributed by atoms with Gasteiger partial charge in [0, 0.05) is 12.1 Å². The van der Waals surface area contributed by atoms with Gasteiger partial charge in [-0.05, 0) is 57.4 Å². The van der Waals surface area contributed by atoms with Crippen molar-refractivity contribution < 1.29 is 23.5 Å². The first-order valence-corrected chi connectivity index (χ1v) is 10.1. The molecule has 0 bridgehead atoms. The van der Waals surface area contributed by atoms with Gasteiger partial charge in [0.05, 0.1) is 19.6 Å². The van der Waals surface area contributed by atoms with Gasteiger partial charge in [0.25, 0.3) is 5.91 Å². The van der Waals surface area contributed by atoms with Crippen LogP contribution in [0.5, 0.6) is 11.5 Å². The number of ketones is 1. The molecule has 0 spiro atoms. The summed E-state index contributed by atoms with van der Waals surface area (Å²) in [6, 6.07) is 11.1. The van der Waals surface area contributed by atoms with Crippen molar-refractivity contribution in [3.63, 3.8) is 0 Å². The molecule has 0 saturated carbocycles. The fourth-order valence-electron chi connectivity index (χ4n) is 3.31. The largest absolute Gasteiger partial charge is 0.493 e. The van der Waals surface area contributed by atoms with Gasteiger partial charge < -0.3 is 24.1 Å². The van der Waals surface area contributed by atoms with Crippen LogP contribution >= 0.6 is 0 Å². The Morgan fingerprint density at radius 3 is 2.44 bits per heavy atom. The maximum Gasteiger partial charge on any atom is 0.287 e. The Hall–Kier alpha value is -3.65. The van der Waals surface area contributed by atoms with E-state index in [0.717, 1.165) is 6.54 Å². The van der Waals surface area contributed by atoms with E-state index >= 15 is 0 Å². The fraction of sp³-hybridized carbons (Fsp3) is 0.292. The number of carbonyl (C=O) groups is 2. The lowest BCUT2D eigenvalue weighted by Crippen LogP contribution is -2.31. The van der Waals surface area contributed by atoms with Crippen LogP contribution in [0.2, 0.25) is 0 Å². The molecule has 0 aliphatic heterocycles. The quantitative estimate of drug-likeness (QED) is 0.405. The van der Waals surface area contributed by atoms with E-state index in [1.54, 1.807) is 30.3 Å². The summed E-state index contributed by atoms with van der Waals surface area (Å²) < 4.78 is 16.2. The number of methoxy groups -OCH3 is 2. The molecule has 8 heteroatoms. The lowest BCUT2D eigenvalue weighted by atomic mass is 9.99. The van der Waals surface area contributed by atoms with Crippen LogP contribution in [0.3, 0.4) is 0 Å². The van der Waals surface area contributed by atoms with Crippen LogP contribution in [0.15, 0.2) is 51.7 Å². The van der Waals surface area contributed by atoms with Crippen molar-refractivity contribution in [2.45, 2.75) is 6.42 Å².